The van der Waals surface area contributed by atoms with Gasteiger partial charge in [0.2, 0.25) is 5.91 Å². The number of benzene rings is 1. The number of ether oxygens (including phenoxy) is 1. The van der Waals surface area contributed by atoms with Gasteiger partial charge >= 0.3 is 0 Å². The first-order chi connectivity index (χ1) is 10.1. The fraction of sp³-hybridized carbons (Fsp3) is 0.588. The fourth-order valence-corrected chi connectivity index (χ4v) is 2.89. The Balaban J connectivity index is 1.85. The number of hydrogen-bond donors (Lipinski definition) is 0. The molecule has 1 aromatic carbocycles. The maximum Gasteiger partial charge on any atom is 0.236 e. The van der Waals surface area contributed by atoms with E-state index in [2.05, 4.69) is 17.9 Å². The molecule has 0 aliphatic carbocycles. The van der Waals surface area contributed by atoms with Crippen LogP contribution < -0.4 is 4.74 Å². The zero-order chi connectivity index (χ0) is 15.2. The Hall–Kier alpha value is -1.55. The average molecular weight is 290 g/mol. The molecule has 1 atom stereocenters. The number of methoxy groups -OCH3 is 1. The Bertz CT molecular complexity index is 476. The maximum atomic E-state index is 12.3. The Labute approximate surface area is 127 Å². The van der Waals surface area contributed by atoms with Crippen molar-refractivity contribution in [2.24, 2.45) is 5.92 Å². The molecule has 0 N–H and O–H groups in total. The van der Waals surface area contributed by atoms with Crippen molar-refractivity contribution in [1.82, 2.24) is 9.80 Å². The standard InChI is InChI=1S/C17H26N2O2/c1-14-6-5-9-19(11-14)17(20)13-18(2)12-15-7-4-8-16(10-15)21-3/h4,7-8,10,14H,5-6,9,11-13H2,1-3H3. The van der Waals surface area contributed by atoms with Crippen molar-refractivity contribution >= 4 is 5.91 Å². The van der Waals surface area contributed by atoms with E-state index in [4.69, 9.17) is 4.74 Å². The molecule has 1 aromatic rings. The van der Waals surface area contributed by atoms with Crippen LogP contribution in [0.5, 0.6) is 5.75 Å². The van der Waals surface area contributed by atoms with E-state index >= 15 is 0 Å². The number of likely N-dealkylation sites (tertiary alicyclic amines) is 1. The minimum Gasteiger partial charge on any atom is -0.497 e. The molecule has 0 aromatic heterocycles. The Morgan fingerprint density at radius 3 is 3.00 bits per heavy atom. The van der Waals surface area contributed by atoms with Crippen LogP contribution in [0.3, 0.4) is 0 Å². The highest BCUT2D eigenvalue weighted by molar-refractivity contribution is 5.78. The third-order valence-corrected chi connectivity index (χ3v) is 4.00. The molecule has 1 aliphatic rings. The van der Waals surface area contributed by atoms with Crippen LogP contribution in [0.25, 0.3) is 0 Å². The Morgan fingerprint density at radius 1 is 1.48 bits per heavy atom. The molecule has 21 heavy (non-hydrogen) atoms. The second kappa shape index (κ2) is 7.46. The van der Waals surface area contributed by atoms with Gasteiger partial charge in [-0.15, -0.1) is 0 Å². The Kier molecular flexibility index (Phi) is 5.62. The van der Waals surface area contributed by atoms with E-state index < -0.39 is 0 Å². The number of rotatable bonds is 5. The minimum atomic E-state index is 0.243. The first-order valence-corrected chi connectivity index (χ1v) is 7.67. The monoisotopic (exact) mass is 290 g/mol. The number of hydrogen-bond acceptors (Lipinski definition) is 3. The van der Waals surface area contributed by atoms with Gasteiger partial charge in [-0.25, -0.2) is 0 Å². The van der Waals surface area contributed by atoms with E-state index in [9.17, 15) is 4.79 Å². The van der Waals surface area contributed by atoms with Gasteiger partial charge in [-0.2, -0.15) is 0 Å². The SMILES string of the molecule is COc1cccc(CN(C)CC(=O)N2CCCC(C)C2)c1. The van der Waals surface area contributed by atoms with Crippen LogP contribution in [0, 0.1) is 5.92 Å². The molecule has 0 bridgehead atoms. The highest BCUT2D eigenvalue weighted by Crippen LogP contribution is 2.16. The molecule has 1 amide bonds. The van der Waals surface area contributed by atoms with E-state index in [1.807, 2.05) is 30.1 Å². The van der Waals surface area contributed by atoms with Gasteiger partial charge in [0, 0.05) is 19.6 Å². The molecule has 0 radical (unpaired) electrons. The molecule has 1 heterocycles. The van der Waals surface area contributed by atoms with E-state index in [0.717, 1.165) is 37.4 Å². The van der Waals surface area contributed by atoms with Gasteiger partial charge < -0.3 is 9.64 Å². The summed E-state index contributed by atoms with van der Waals surface area (Å²) in [5, 5.41) is 0. The summed E-state index contributed by atoms with van der Waals surface area (Å²) in [5.41, 5.74) is 1.16. The molecule has 2 rings (SSSR count). The molecule has 116 valence electrons. The van der Waals surface area contributed by atoms with Gasteiger partial charge in [-0.1, -0.05) is 19.1 Å². The first-order valence-electron chi connectivity index (χ1n) is 7.67. The third kappa shape index (κ3) is 4.74. The van der Waals surface area contributed by atoms with Crippen molar-refractivity contribution < 1.29 is 9.53 Å². The summed E-state index contributed by atoms with van der Waals surface area (Å²) < 4.78 is 5.23. The normalized spacial score (nSPS) is 18.9. The summed E-state index contributed by atoms with van der Waals surface area (Å²) in [7, 11) is 3.66. The number of carbonyl (C=O) groups excluding carboxylic acids is 1. The molecule has 0 spiro atoms. The molecule has 1 unspecified atom stereocenters. The topological polar surface area (TPSA) is 32.8 Å². The lowest BCUT2D eigenvalue weighted by Crippen LogP contribution is -2.43. The van der Waals surface area contributed by atoms with Gasteiger partial charge in [0.25, 0.3) is 0 Å². The highest BCUT2D eigenvalue weighted by atomic mass is 16.5. The van der Waals surface area contributed by atoms with E-state index in [1.54, 1.807) is 7.11 Å². The smallest absolute Gasteiger partial charge is 0.236 e. The molecular weight excluding hydrogens is 264 g/mol. The van der Waals surface area contributed by atoms with Crippen molar-refractivity contribution in [2.75, 3.05) is 33.8 Å². The molecule has 1 aliphatic heterocycles. The molecule has 1 fully saturated rings. The molecule has 4 nitrogen and oxygen atoms in total. The van der Waals surface area contributed by atoms with Crippen LogP contribution >= 0.6 is 0 Å². The number of amides is 1. The van der Waals surface area contributed by atoms with Gasteiger partial charge in [-0.05, 0) is 43.5 Å². The zero-order valence-corrected chi connectivity index (χ0v) is 13.3. The summed E-state index contributed by atoms with van der Waals surface area (Å²) in [6.45, 7) is 5.28. The van der Waals surface area contributed by atoms with Crippen molar-refractivity contribution in [3.63, 3.8) is 0 Å². The minimum absolute atomic E-state index is 0.243. The van der Waals surface area contributed by atoms with E-state index in [-0.39, 0.29) is 5.91 Å². The summed E-state index contributed by atoms with van der Waals surface area (Å²) >= 11 is 0. The number of likely N-dealkylation sites (N-methyl/N-ethyl adjacent to an activating group) is 1. The summed E-state index contributed by atoms with van der Waals surface area (Å²) in [6.07, 6.45) is 2.37. The quantitative estimate of drug-likeness (QED) is 0.835. The predicted molar refractivity (Wildman–Crippen MR) is 84.3 cm³/mol. The average Bonchev–Trinajstić information content (AvgIpc) is 2.47. The van der Waals surface area contributed by atoms with Crippen LogP contribution in [-0.2, 0) is 11.3 Å². The largest absolute Gasteiger partial charge is 0.497 e. The number of carbonyl (C=O) groups is 1. The summed E-state index contributed by atoms with van der Waals surface area (Å²) in [4.78, 5) is 16.4. The van der Waals surface area contributed by atoms with E-state index in [1.165, 1.54) is 6.42 Å². The van der Waals surface area contributed by atoms with Crippen LogP contribution in [0.4, 0.5) is 0 Å². The van der Waals surface area contributed by atoms with Crippen LogP contribution in [0.1, 0.15) is 25.3 Å². The van der Waals surface area contributed by atoms with Gasteiger partial charge in [0.15, 0.2) is 0 Å². The van der Waals surface area contributed by atoms with Crippen LogP contribution in [0.15, 0.2) is 24.3 Å². The lowest BCUT2D eigenvalue weighted by Gasteiger charge is -2.32. The summed E-state index contributed by atoms with van der Waals surface area (Å²) in [6, 6.07) is 8.00. The maximum absolute atomic E-state index is 12.3. The van der Waals surface area contributed by atoms with E-state index in [0.29, 0.717) is 12.5 Å². The van der Waals surface area contributed by atoms with Crippen molar-refractivity contribution in [1.29, 1.82) is 0 Å². The Morgan fingerprint density at radius 2 is 2.29 bits per heavy atom. The second-order valence-corrected chi connectivity index (χ2v) is 6.11. The van der Waals surface area contributed by atoms with Crippen molar-refractivity contribution in [3.8, 4) is 5.75 Å². The van der Waals surface area contributed by atoms with Crippen LogP contribution in [0.2, 0.25) is 0 Å². The lowest BCUT2D eigenvalue weighted by molar-refractivity contribution is -0.133. The predicted octanol–water partition coefficient (Wildman–Crippen LogP) is 2.39. The molecular formula is C17H26N2O2. The third-order valence-electron chi connectivity index (χ3n) is 4.00. The first kappa shape index (κ1) is 15.8. The fourth-order valence-electron chi connectivity index (χ4n) is 2.89. The molecule has 1 saturated heterocycles. The second-order valence-electron chi connectivity index (χ2n) is 6.11. The summed E-state index contributed by atoms with van der Waals surface area (Å²) in [5.74, 6) is 1.73. The van der Waals surface area contributed by atoms with Crippen molar-refractivity contribution in [2.45, 2.75) is 26.3 Å². The van der Waals surface area contributed by atoms with Crippen LogP contribution in [-0.4, -0.2) is 49.5 Å². The van der Waals surface area contributed by atoms with Gasteiger partial charge in [0.1, 0.15) is 5.75 Å². The number of piperidine rings is 1. The van der Waals surface area contributed by atoms with Gasteiger partial charge in [0.05, 0.1) is 13.7 Å². The molecule has 4 heteroatoms. The lowest BCUT2D eigenvalue weighted by atomic mass is 10.0. The molecule has 0 saturated carbocycles. The zero-order valence-electron chi connectivity index (χ0n) is 13.3. The number of nitrogens with zero attached hydrogens (tertiary/aromatic N) is 2. The van der Waals surface area contributed by atoms with Crippen molar-refractivity contribution in [3.05, 3.63) is 29.8 Å². The van der Waals surface area contributed by atoms with Gasteiger partial charge in [-0.3, -0.25) is 9.69 Å². The highest BCUT2D eigenvalue weighted by Gasteiger charge is 2.21.